The Hall–Kier alpha value is -3.10. The van der Waals surface area contributed by atoms with E-state index in [2.05, 4.69) is 21.3 Å². The largest absolute Gasteiger partial charge is 0.447 e. The average molecular weight is 579 g/mol. The van der Waals surface area contributed by atoms with Crippen LogP contribution in [0.1, 0.15) is 58.8 Å². The highest BCUT2D eigenvalue weighted by atomic mass is 16.6. The van der Waals surface area contributed by atoms with Gasteiger partial charge < -0.3 is 54.6 Å². The van der Waals surface area contributed by atoms with Crippen LogP contribution in [0.2, 0.25) is 0 Å². The van der Waals surface area contributed by atoms with E-state index in [4.69, 9.17) is 23.7 Å². The number of rotatable bonds is 23. The number of hydrogen-bond donors (Lipinski definition) is 4. The van der Waals surface area contributed by atoms with Gasteiger partial charge in [0.25, 0.3) is 0 Å². The summed E-state index contributed by atoms with van der Waals surface area (Å²) in [6.45, 7) is 9.16. The fourth-order valence-electron chi connectivity index (χ4n) is 2.60. The molecule has 3 amide bonds. The van der Waals surface area contributed by atoms with Crippen LogP contribution in [0.5, 0.6) is 0 Å². The number of amides is 3. The second-order valence-electron chi connectivity index (χ2n) is 7.89. The first-order valence-corrected chi connectivity index (χ1v) is 13.5. The first kappa shape index (κ1) is 41.4. The van der Waals surface area contributed by atoms with Gasteiger partial charge in [-0.05, 0) is 53.1 Å². The maximum atomic E-state index is 11.8. The molecule has 0 bridgehead atoms. The Balaban J connectivity index is -0.00000131. The molecule has 0 aliphatic carbocycles. The minimum absolute atomic E-state index is 0.0664. The third kappa shape index (κ3) is 34.9. The van der Waals surface area contributed by atoms with Crippen LogP contribution in [-0.4, -0.2) is 110 Å². The zero-order valence-electron chi connectivity index (χ0n) is 24.3. The van der Waals surface area contributed by atoms with Gasteiger partial charge in [-0.15, -0.1) is 0 Å². The Bertz CT molecular complexity index is 596. The second kappa shape index (κ2) is 35.9. The maximum absolute atomic E-state index is 11.8. The zero-order valence-corrected chi connectivity index (χ0v) is 24.3. The van der Waals surface area contributed by atoms with Crippen LogP contribution in [0.25, 0.3) is 0 Å². The molecule has 14 nitrogen and oxygen atoms in total. The smallest absolute Gasteiger partial charge is 0.407 e. The Morgan fingerprint density at radius 3 is 1.82 bits per heavy atom. The van der Waals surface area contributed by atoms with Gasteiger partial charge in [0.05, 0.1) is 6.61 Å². The van der Waals surface area contributed by atoms with E-state index >= 15 is 0 Å². The van der Waals surface area contributed by atoms with E-state index in [1.54, 1.807) is 13.8 Å². The van der Waals surface area contributed by atoms with Crippen LogP contribution in [-0.2, 0) is 38.1 Å². The quantitative estimate of drug-likeness (QED) is 0.101. The summed E-state index contributed by atoms with van der Waals surface area (Å²) in [6.07, 6.45) is 4.43. The van der Waals surface area contributed by atoms with Crippen molar-refractivity contribution in [3.63, 3.8) is 0 Å². The Labute approximate surface area is 237 Å². The van der Waals surface area contributed by atoms with E-state index in [0.717, 1.165) is 32.0 Å². The fourth-order valence-corrected chi connectivity index (χ4v) is 2.60. The molecule has 0 unspecified atom stereocenters. The summed E-state index contributed by atoms with van der Waals surface area (Å²) in [5.41, 5.74) is 0. The van der Waals surface area contributed by atoms with Crippen LogP contribution in [0, 0.1) is 0 Å². The van der Waals surface area contributed by atoms with Gasteiger partial charge in [0, 0.05) is 52.1 Å². The van der Waals surface area contributed by atoms with E-state index in [0.29, 0.717) is 65.0 Å². The summed E-state index contributed by atoms with van der Waals surface area (Å²) in [4.78, 5) is 61.9. The molecule has 0 rings (SSSR count). The number of unbranched alkanes of at least 4 members (excludes halogenated alkanes) is 3. The van der Waals surface area contributed by atoms with Gasteiger partial charge in [0.15, 0.2) is 0 Å². The summed E-state index contributed by atoms with van der Waals surface area (Å²) in [5.74, 6) is -0.0870. The molecule has 0 aromatic heterocycles. The lowest BCUT2D eigenvalue weighted by Crippen LogP contribution is -2.34. The molecule has 0 aromatic carbocycles. The highest BCUT2D eigenvalue weighted by Gasteiger charge is 2.15. The van der Waals surface area contributed by atoms with Gasteiger partial charge in [0.1, 0.15) is 38.7 Å². The van der Waals surface area contributed by atoms with Crippen molar-refractivity contribution >= 4 is 37.5 Å². The first-order valence-electron chi connectivity index (χ1n) is 13.5. The summed E-state index contributed by atoms with van der Waals surface area (Å²) < 4.78 is 21.2. The molecule has 0 atom stereocenters. The third-order valence-corrected chi connectivity index (χ3v) is 4.52. The molecule has 0 saturated heterocycles. The molecule has 0 spiro atoms. The molecule has 40 heavy (non-hydrogen) atoms. The van der Waals surface area contributed by atoms with Crippen molar-refractivity contribution in [2.75, 3.05) is 66.3 Å². The minimum atomic E-state index is -0.621. The number of hydrogen-bond acceptors (Lipinski definition) is 11. The zero-order chi connectivity index (χ0) is 30.7. The summed E-state index contributed by atoms with van der Waals surface area (Å²) in [7, 11) is 1.92. The van der Waals surface area contributed by atoms with Gasteiger partial charge in [-0.25, -0.2) is 9.59 Å². The lowest BCUT2D eigenvalue weighted by atomic mass is 10.3. The van der Waals surface area contributed by atoms with Crippen LogP contribution in [0.4, 0.5) is 9.59 Å². The van der Waals surface area contributed by atoms with Crippen molar-refractivity contribution in [1.29, 1.82) is 0 Å². The maximum Gasteiger partial charge on any atom is 0.407 e. The third-order valence-electron chi connectivity index (χ3n) is 4.52. The van der Waals surface area contributed by atoms with E-state index < -0.39 is 18.3 Å². The standard InChI is InChI=1S/C20H40N4O7.C5H8O2.CH2O/c1-4-22-19(26)30-15-17(16-31-20(27)23-5-2)29-13-8-9-18(25)24-11-14-28-12-7-6-10-21-3;6-4-2-1-3-5-7;1-2/h17,21H,4-16H2,1-3H3,(H,22,26)(H,23,27)(H,24,25);4-5H,1-3H2;1H2. The number of aldehydes is 2. The molecule has 4 N–H and O–H groups in total. The van der Waals surface area contributed by atoms with Crippen LogP contribution in [0.15, 0.2) is 0 Å². The average Bonchev–Trinajstić information content (AvgIpc) is 2.95. The van der Waals surface area contributed by atoms with Crippen LogP contribution < -0.4 is 21.3 Å². The topological polar surface area (TPSA) is 187 Å². The molecule has 14 heteroatoms. The van der Waals surface area contributed by atoms with E-state index in [1.165, 1.54) is 0 Å². The molecule has 0 radical (unpaired) electrons. The predicted molar refractivity (Wildman–Crippen MR) is 149 cm³/mol. The van der Waals surface area contributed by atoms with Crippen molar-refractivity contribution in [3.05, 3.63) is 0 Å². The van der Waals surface area contributed by atoms with Gasteiger partial charge in [-0.3, -0.25) is 4.79 Å². The second-order valence-corrected chi connectivity index (χ2v) is 7.89. The van der Waals surface area contributed by atoms with E-state index in [-0.39, 0.29) is 25.7 Å². The van der Waals surface area contributed by atoms with Crippen LogP contribution >= 0.6 is 0 Å². The SMILES string of the molecule is C=O.CCNC(=O)OCC(COC(=O)NCC)OCCCC(=O)NCCOCCCCNC.O=CCCCC=O. The highest BCUT2D eigenvalue weighted by molar-refractivity contribution is 5.75. The Morgan fingerprint density at radius 2 is 1.32 bits per heavy atom. The van der Waals surface area contributed by atoms with Crippen LogP contribution in [0.3, 0.4) is 0 Å². The monoisotopic (exact) mass is 578 g/mol. The Morgan fingerprint density at radius 1 is 0.750 bits per heavy atom. The van der Waals surface area contributed by atoms with Crippen molar-refractivity contribution in [2.24, 2.45) is 0 Å². The number of carbonyl (C=O) groups is 6. The lowest BCUT2D eigenvalue weighted by Gasteiger charge is -2.18. The first-order chi connectivity index (χ1) is 19.4. The lowest BCUT2D eigenvalue weighted by molar-refractivity contribution is -0.122. The molecule has 0 saturated carbocycles. The highest BCUT2D eigenvalue weighted by Crippen LogP contribution is 2.00. The molecule has 0 aliphatic rings. The normalized spacial score (nSPS) is 9.70. The predicted octanol–water partition coefficient (Wildman–Crippen LogP) is 1.15. The molecule has 0 aliphatic heterocycles. The van der Waals surface area contributed by atoms with E-state index in [9.17, 15) is 24.0 Å². The number of alkyl carbamates (subject to hydrolysis) is 2. The van der Waals surface area contributed by atoms with Crippen molar-refractivity contribution in [2.45, 2.75) is 64.9 Å². The van der Waals surface area contributed by atoms with Crippen molar-refractivity contribution < 1.29 is 47.7 Å². The minimum Gasteiger partial charge on any atom is -0.447 e. The number of carbonyl (C=O) groups excluding carboxylic acids is 6. The summed E-state index contributed by atoms with van der Waals surface area (Å²) in [6, 6.07) is 0. The number of ether oxygens (including phenoxy) is 4. The molecule has 0 aromatic rings. The fraction of sp³-hybridized carbons (Fsp3) is 0.769. The van der Waals surface area contributed by atoms with Gasteiger partial charge >= 0.3 is 12.2 Å². The van der Waals surface area contributed by atoms with Gasteiger partial charge in [-0.1, -0.05) is 0 Å². The van der Waals surface area contributed by atoms with Gasteiger partial charge in [0.2, 0.25) is 5.91 Å². The van der Waals surface area contributed by atoms with E-state index in [1.807, 2.05) is 13.8 Å². The summed E-state index contributed by atoms with van der Waals surface area (Å²) in [5, 5.41) is 10.9. The summed E-state index contributed by atoms with van der Waals surface area (Å²) >= 11 is 0. The van der Waals surface area contributed by atoms with Crippen molar-refractivity contribution in [3.8, 4) is 0 Å². The van der Waals surface area contributed by atoms with Crippen molar-refractivity contribution in [1.82, 2.24) is 21.3 Å². The molecule has 234 valence electrons. The van der Waals surface area contributed by atoms with Gasteiger partial charge in [-0.2, -0.15) is 0 Å². The molecular formula is C26H50N4O10. The number of nitrogens with one attached hydrogen (secondary N) is 4. The molecular weight excluding hydrogens is 528 g/mol. The molecule has 0 heterocycles. The molecule has 0 fully saturated rings. The Kier molecular flexibility index (Phi) is 37.1.